The number of carbonyl (C=O) groups is 1. The highest BCUT2D eigenvalue weighted by Crippen LogP contribution is 2.23. The molecule has 0 saturated carbocycles. The molecule has 0 aromatic rings. The van der Waals surface area contributed by atoms with Gasteiger partial charge in [0.25, 0.3) is 0 Å². The molecule has 1 rings (SSSR count). The van der Waals surface area contributed by atoms with Crippen molar-refractivity contribution in [2.45, 2.75) is 25.9 Å². The zero-order valence-electron chi connectivity index (χ0n) is 7.88. The summed E-state index contributed by atoms with van der Waals surface area (Å²) in [7, 11) is 0. The second kappa shape index (κ2) is 4.88. The summed E-state index contributed by atoms with van der Waals surface area (Å²) < 4.78 is 5.40. The first kappa shape index (κ1) is 10.1. The van der Waals surface area contributed by atoms with Gasteiger partial charge in [-0.3, -0.25) is 4.79 Å². The van der Waals surface area contributed by atoms with E-state index in [-0.39, 0.29) is 17.9 Å². The molecule has 1 aliphatic rings. The van der Waals surface area contributed by atoms with Crippen LogP contribution in [-0.2, 0) is 9.53 Å². The van der Waals surface area contributed by atoms with Crippen LogP contribution in [0.2, 0.25) is 0 Å². The normalized spacial score (nSPS) is 26.8. The monoisotopic (exact) mass is 181 g/mol. The Morgan fingerprint density at radius 1 is 1.77 bits per heavy atom. The Balaban J connectivity index is 2.41. The van der Waals surface area contributed by atoms with Crippen LogP contribution in [0, 0.1) is 18.3 Å². The van der Waals surface area contributed by atoms with E-state index in [0.29, 0.717) is 13.2 Å². The molecule has 1 saturated heterocycles. The maximum atomic E-state index is 11.5. The summed E-state index contributed by atoms with van der Waals surface area (Å²) in [5, 5.41) is 2.68. The molecule has 2 unspecified atom stereocenters. The number of ether oxygens (including phenoxy) is 1. The number of terminal acetylenes is 1. The van der Waals surface area contributed by atoms with Crippen LogP contribution in [0.5, 0.6) is 0 Å². The van der Waals surface area contributed by atoms with E-state index in [1.807, 2.05) is 6.92 Å². The maximum absolute atomic E-state index is 11.5. The fourth-order valence-electron chi connectivity index (χ4n) is 1.62. The van der Waals surface area contributed by atoms with Gasteiger partial charge in [0.1, 0.15) is 0 Å². The smallest absolute Gasteiger partial charge is 0.226 e. The molecule has 0 aliphatic carbocycles. The Morgan fingerprint density at radius 2 is 2.54 bits per heavy atom. The van der Waals surface area contributed by atoms with E-state index in [1.54, 1.807) is 0 Å². The zero-order chi connectivity index (χ0) is 9.68. The van der Waals surface area contributed by atoms with Crippen molar-refractivity contribution in [3.8, 4) is 12.3 Å². The van der Waals surface area contributed by atoms with E-state index in [2.05, 4.69) is 11.2 Å². The summed E-state index contributed by atoms with van der Waals surface area (Å²) in [5.74, 6) is 2.41. The molecular weight excluding hydrogens is 166 g/mol. The SMILES string of the molecule is C#CCNC(=O)C1CCOC1CC. The van der Waals surface area contributed by atoms with E-state index in [9.17, 15) is 4.79 Å². The molecule has 3 heteroatoms. The molecule has 2 atom stereocenters. The molecule has 0 spiro atoms. The van der Waals surface area contributed by atoms with Gasteiger partial charge in [-0.15, -0.1) is 6.42 Å². The second-order valence-electron chi connectivity index (χ2n) is 3.13. The van der Waals surface area contributed by atoms with Crippen molar-refractivity contribution in [2.75, 3.05) is 13.2 Å². The summed E-state index contributed by atoms with van der Waals surface area (Å²) >= 11 is 0. The Morgan fingerprint density at radius 3 is 3.15 bits per heavy atom. The standard InChI is InChI=1S/C10H15NO2/c1-3-6-11-10(12)8-5-7-13-9(8)4-2/h1,8-9H,4-7H2,2H3,(H,11,12). The van der Waals surface area contributed by atoms with Crippen molar-refractivity contribution in [3.05, 3.63) is 0 Å². The molecule has 1 aliphatic heterocycles. The third kappa shape index (κ3) is 2.46. The lowest BCUT2D eigenvalue weighted by Crippen LogP contribution is -2.35. The van der Waals surface area contributed by atoms with E-state index in [4.69, 9.17) is 11.2 Å². The van der Waals surface area contributed by atoms with E-state index < -0.39 is 0 Å². The molecule has 3 nitrogen and oxygen atoms in total. The zero-order valence-corrected chi connectivity index (χ0v) is 7.88. The highest BCUT2D eigenvalue weighted by atomic mass is 16.5. The largest absolute Gasteiger partial charge is 0.377 e. The Bertz CT molecular complexity index is 219. The van der Waals surface area contributed by atoms with Crippen molar-refractivity contribution < 1.29 is 9.53 Å². The molecule has 0 radical (unpaired) electrons. The highest BCUT2D eigenvalue weighted by Gasteiger charge is 2.32. The van der Waals surface area contributed by atoms with Crippen molar-refractivity contribution in [1.82, 2.24) is 5.32 Å². The molecule has 13 heavy (non-hydrogen) atoms. The third-order valence-corrected chi connectivity index (χ3v) is 2.31. The van der Waals surface area contributed by atoms with Crippen molar-refractivity contribution in [3.63, 3.8) is 0 Å². The van der Waals surface area contributed by atoms with Gasteiger partial charge in [0.15, 0.2) is 0 Å². The van der Waals surface area contributed by atoms with Crippen LogP contribution >= 0.6 is 0 Å². The quantitative estimate of drug-likeness (QED) is 0.646. The predicted octanol–water partition coefficient (Wildman–Crippen LogP) is 0.551. The number of nitrogens with one attached hydrogen (secondary N) is 1. The van der Waals surface area contributed by atoms with Gasteiger partial charge in [0.05, 0.1) is 18.6 Å². The maximum Gasteiger partial charge on any atom is 0.226 e. The summed E-state index contributed by atoms with van der Waals surface area (Å²) in [4.78, 5) is 11.5. The third-order valence-electron chi connectivity index (χ3n) is 2.31. The van der Waals surface area contributed by atoms with Crippen molar-refractivity contribution >= 4 is 5.91 Å². The van der Waals surface area contributed by atoms with Gasteiger partial charge in [-0.2, -0.15) is 0 Å². The molecule has 1 heterocycles. The lowest BCUT2D eigenvalue weighted by molar-refractivity contribution is -0.126. The molecule has 72 valence electrons. The van der Waals surface area contributed by atoms with Crippen LogP contribution in [0.15, 0.2) is 0 Å². The van der Waals surface area contributed by atoms with Gasteiger partial charge < -0.3 is 10.1 Å². The minimum Gasteiger partial charge on any atom is -0.377 e. The fraction of sp³-hybridized carbons (Fsp3) is 0.700. The van der Waals surface area contributed by atoms with Gasteiger partial charge in [-0.25, -0.2) is 0 Å². The lowest BCUT2D eigenvalue weighted by Gasteiger charge is -2.15. The number of carbonyl (C=O) groups excluding carboxylic acids is 1. The Kier molecular flexibility index (Phi) is 3.78. The Labute approximate surface area is 78.8 Å². The van der Waals surface area contributed by atoms with Crippen LogP contribution < -0.4 is 5.32 Å². The van der Waals surface area contributed by atoms with E-state index in [1.165, 1.54) is 0 Å². The van der Waals surface area contributed by atoms with Crippen LogP contribution in [0.25, 0.3) is 0 Å². The average molecular weight is 181 g/mol. The van der Waals surface area contributed by atoms with Crippen molar-refractivity contribution in [2.24, 2.45) is 5.92 Å². The summed E-state index contributed by atoms with van der Waals surface area (Å²) in [6.07, 6.45) is 6.83. The summed E-state index contributed by atoms with van der Waals surface area (Å²) in [5.41, 5.74) is 0. The molecular formula is C10H15NO2. The number of hydrogen-bond acceptors (Lipinski definition) is 2. The molecule has 1 fully saturated rings. The molecule has 0 aromatic heterocycles. The van der Waals surface area contributed by atoms with Crippen LogP contribution in [0.1, 0.15) is 19.8 Å². The summed E-state index contributed by atoms with van der Waals surface area (Å²) in [6.45, 7) is 3.02. The average Bonchev–Trinajstić information content (AvgIpc) is 2.61. The number of hydrogen-bond donors (Lipinski definition) is 1. The van der Waals surface area contributed by atoms with Gasteiger partial charge in [-0.05, 0) is 12.8 Å². The van der Waals surface area contributed by atoms with Gasteiger partial charge in [0.2, 0.25) is 5.91 Å². The first-order chi connectivity index (χ1) is 6.29. The topological polar surface area (TPSA) is 38.3 Å². The molecule has 0 aromatic carbocycles. The molecule has 1 amide bonds. The summed E-state index contributed by atoms with van der Waals surface area (Å²) in [6, 6.07) is 0. The fourth-order valence-corrected chi connectivity index (χ4v) is 1.62. The lowest BCUT2D eigenvalue weighted by atomic mass is 9.99. The van der Waals surface area contributed by atoms with Crippen LogP contribution in [-0.4, -0.2) is 25.2 Å². The van der Waals surface area contributed by atoms with Gasteiger partial charge >= 0.3 is 0 Å². The van der Waals surface area contributed by atoms with Crippen LogP contribution in [0.4, 0.5) is 0 Å². The Hall–Kier alpha value is -1.01. The molecule has 0 bridgehead atoms. The molecule has 1 N–H and O–H groups in total. The van der Waals surface area contributed by atoms with Gasteiger partial charge in [0, 0.05) is 6.61 Å². The van der Waals surface area contributed by atoms with E-state index >= 15 is 0 Å². The van der Waals surface area contributed by atoms with E-state index in [0.717, 1.165) is 12.8 Å². The number of rotatable bonds is 3. The van der Waals surface area contributed by atoms with Crippen molar-refractivity contribution in [1.29, 1.82) is 0 Å². The first-order valence-electron chi connectivity index (χ1n) is 4.62. The minimum atomic E-state index is -0.00153. The predicted molar refractivity (Wildman–Crippen MR) is 50.0 cm³/mol. The van der Waals surface area contributed by atoms with Gasteiger partial charge in [-0.1, -0.05) is 12.8 Å². The van der Waals surface area contributed by atoms with Crippen LogP contribution in [0.3, 0.4) is 0 Å². The minimum absolute atomic E-state index is 0.00153. The number of amides is 1. The second-order valence-corrected chi connectivity index (χ2v) is 3.13. The highest BCUT2D eigenvalue weighted by molar-refractivity contribution is 5.79. The first-order valence-corrected chi connectivity index (χ1v) is 4.62.